The second-order valence-corrected chi connectivity index (χ2v) is 6.11. The van der Waals surface area contributed by atoms with Crippen molar-refractivity contribution in [1.29, 1.82) is 0 Å². The molecule has 1 N–H and O–H groups in total. The lowest BCUT2D eigenvalue weighted by atomic mass is 10.2. The Labute approximate surface area is 144 Å². The summed E-state index contributed by atoms with van der Waals surface area (Å²) in [5.41, 5.74) is 1.56. The van der Waals surface area contributed by atoms with Gasteiger partial charge in [-0.1, -0.05) is 23.2 Å². The van der Waals surface area contributed by atoms with E-state index in [4.69, 9.17) is 27.9 Å². The zero-order valence-electron chi connectivity index (χ0n) is 12.7. The van der Waals surface area contributed by atoms with Gasteiger partial charge in [-0.2, -0.15) is 0 Å². The fraction of sp³-hybridized carbons (Fsp3) is 0.312. The lowest BCUT2D eigenvalue weighted by Gasteiger charge is -2.36. The van der Waals surface area contributed by atoms with Crippen LogP contribution >= 0.6 is 23.2 Å². The van der Waals surface area contributed by atoms with Gasteiger partial charge in [0.2, 0.25) is 0 Å². The van der Waals surface area contributed by atoms with E-state index in [0.29, 0.717) is 29.0 Å². The summed E-state index contributed by atoms with van der Waals surface area (Å²) in [6.45, 7) is 2.86. The summed E-state index contributed by atoms with van der Waals surface area (Å²) in [6, 6.07) is 9.51. The average Bonchev–Trinajstić information content (AvgIpc) is 2.93. The minimum atomic E-state index is -0.0758. The second kappa shape index (κ2) is 6.72. The van der Waals surface area contributed by atoms with Gasteiger partial charge in [-0.3, -0.25) is 4.79 Å². The monoisotopic (exact) mass is 353 g/mol. The van der Waals surface area contributed by atoms with E-state index in [2.05, 4.69) is 9.88 Å². The number of rotatable bonds is 3. The first-order chi connectivity index (χ1) is 11.1. The molecule has 122 valence electrons. The molecule has 0 spiro atoms. The molecule has 7 heteroatoms. The maximum atomic E-state index is 12.4. The van der Waals surface area contributed by atoms with E-state index in [1.165, 1.54) is 0 Å². The lowest BCUT2D eigenvalue weighted by Crippen LogP contribution is -2.48. The van der Waals surface area contributed by atoms with Crippen molar-refractivity contribution < 1.29 is 9.53 Å². The molecule has 1 aromatic heterocycles. The van der Waals surface area contributed by atoms with Gasteiger partial charge >= 0.3 is 0 Å². The van der Waals surface area contributed by atoms with Crippen molar-refractivity contribution >= 4 is 34.8 Å². The van der Waals surface area contributed by atoms with Crippen molar-refractivity contribution in [1.82, 2.24) is 9.88 Å². The van der Waals surface area contributed by atoms with Crippen LogP contribution in [0.2, 0.25) is 10.2 Å². The molecule has 0 radical (unpaired) electrons. The number of aromatic amines is 1. The molecule has 0 atom stereocenters. The van der Waals surface area contributed by atoms with Crippen LogP contribution < -0.4 is 9.64 Å². The minimum Gasteiger partial charge on any atom is -0.497 e. The number of ether oxygens (including phenoxy) is 1. The molecule has 1 aliphatic rings. The maximum Gasteiger partial charge on any atom is 0.270 e. The molecule has 2 aromatic rings. The van der Waals surface area contributed by atoms with Crippen LogP contribution in [0.5, 0.6) is 5.75 Å². The molecule has 1 saturated heterocycles. The number of piperazine rings is 1. The van der Waals surface area contributed by atoms with Crippen LogP contribution in [0.4, 0.5) is 5.69 Å². The van der Waals surface area contributed by atoms with E-state index in [1.807, 2.05) is 24.3 Å². The average molecular weight is 354 g/mol. The summed E-state index contributed by atoms with van der Waals surface area (Å²) in [5.74, 6) is 0.760. The zero-order chi connectivity index (χ0) is 16.4. The fourth-order valence-corrected chi connectivity index (χ4v) is 2.96. The number of amides is 1. The predicted molar refractivity (Wildman–Crippen MR) is 91.9 cm³/mol. The number of nitrogens with zero attached hydrogens (tertiary/aromatic N) is 2. The number of carbonyl (C=O) groups is 1. The highest BCUT2D eigenvalue weighted by Gasteiger charge is 2.24. The van der Waals surface area contributed by atoms with Gasteiger partial charge in [-0.25, -0.2) is 0 Å². The smallest absolute Gasteiger partial charge is 0.270 e. The molecule has 2 heterocycles. The van der Waals surface area contributed by atoms with Crippen molar-refractivity contribution in [2.24, 2.45) is 0 Å². The molecule has 1 aliphatic heterocycles. The van der Waals surface area contributed by atoms with E-state index in [-0.39, 0.29) is 5.91 Å². The maximum absolute atomic E-state index is 12.4. The van der Waals surface area contributed by atoms with E-state index >= 15 is 0 Å². The number of anilines is 1. The number of hydrogen-bond donors (Lipinski definition) is 1. The van der Waals surface area contributed by atoms with Gasteiger partial charge in [0.25, 0.3) is 5.91 Å². The molecule has 0 unspecified atom stereocenters. The van der Waals surface area contributed by atoms with E-state index < -0.39 is 0 Å². The molecule has 1 aromatic carbocycles. The largest absolute Gasteiger partial charge is 0.497 e. The first-order valence-electron chi connectivity index (χ1n) is 7.31. The van der Waals surface area contributed by atoms with Gasteiger partial charge in [0, 0.05) is 31.9 Å². The summed E-state index contributed by atoms with van der Waals surface area (Å²) in [4.78, 5) is 19.3. The molecule has 5 nitrogen and oxygen atoms in total. The summed E-state index contributed by atoms with van der Waals surface area (Å²) < 4.78 is 5.17. The number of methoxy groups -OCH3 is 1. The van der Waals surface area contributed by atoms with Crippen LogP contribution in [0.25, 0.3) is 0 Å². The standard InChI is InChI=1S/C16H17Cl2N3O2/c1-23-12-4-2-11(3-5-12)20-6-8-21(9-7-20)16(22)14-10-13(17)15(18)19-14/h2-5,10,19H,6-9H2,1H3. The van der Waals surface area contributed by atoms with Crippen LogP contribution in [0.1, 0.15) is 10.5 Å². The van der Waals surface area contributed by atoms with Crippen LogP contribution in [0, 0.1) is 0 Å². The summed E-state index contributed by atoms with van der Waals surface area (Å²) in [5, 5.41) is 0.666. The van der Waals surface area contributed by atoms with Gasteiger partial charge in [-0.05, 0) is 30.3 Å². The molecular weight excluding hydrogens is 337 g/mol. The van der Waals surface area contributed by atoms with Crippen LogP contribution in [-0.4, -0.2) is 49.1 Å². The van der Waals surface area contributed by atoms with Gasteiger partial charge in [-0.15, -0.1) is 0 Å². The van der Waals surface area contributed by atoms with Crippen molar-refractivity contribution in [2.75, 3.05) is 38.2 Å². The Morgan fingerprint density at radius 2 is 1.78 bits per heavy atom. The Morgan fingerprint density at radius 3 is 2.30 bits per heavy atom. The predicted octanol–water partition coefficient (Wildman–Crippen LogP) is 3.29. The second-order valence-electron chi connectivity index (χ2n) is 5.32. The van der Waals surface area contributed by atoms with Crippen molar-refractivity contribution in [3.63, 3.8) is 0 Å². The number of aromatic nitrogens is 1. The highest BCUT2D eigenvalue weighted by Crippen LogP contribution is 2.24. The molecule has 23 heavy (non-hydrogen) atoms. The van der Waals surface area contributed by atoms with Gasteiger partial charge in [0.15, 0.2) is 0 Å². The van der Waals surface area contributed by atoms with Crippen LogP contribution in [0.3, 0.4) is 0 Å². The third-order valence-corrected chi connectivity index (χ3v) is 4.65. The molecule has 3 rings (SSSR count). The van der Waals surface area contributed by atoms with E-state index in [1.54, 1.807) is 18.1 Å². The Balaban J connectivity index is 1.62. The zero-order valence-corrected chi connectivity index (χ0v) is 14.2. The molecule has 1 amide bonds. The van der Waals surface area contributed by atoms with Crippen molar-refractivity contribution in [3.8, 4) is 5.75 Å². The Kier molecular flexibility index (Phi) is 4.68. The van der Waals surface area contributed by atoms with E-state index in [0.717, 1.165) is 24.5 Å². The fourth-order valence-electron chi connectivity index (χ4n) is 2.65. The molecule has 0 bridgehead atoms. The van der Waals surface area contributed by atoms with Gasteiger partial charge < -0.3 is 19.5 Å². The lowest BCUT2D eigenvalue weighted by molar-refractivity contribution is 0.0741. The van der Waals surface area contributed by atoms with Gasteiger partial charge in [0.05, 0.1) is 12.1 Å². The van der Waals surface area contributed by atoms with Crippen LogP contribution in [-0.2, 0) is 0 Å². The number of halogens is 2. The first kappa shape index (κ1) is 16.0. The third kappa shape index (κ3) is 3.41. The van der Waals surface area contributed by atoms with Crippen molar-refractivity contribution in [3.05, 3.63) is 46.2 Å². The van der Waals surface area contributed by atoms with E-state index in [9.17, 15) is 4.79 Å². The Hall–Kier alpha value is -1.85. The topological polar surface area (TPSA) is 48.6 Å². The highest BCUT2D eigenvalue weighted by atomic mass is 35.5. The van der Waals surface area contributed by atoms with Crippen LogP contribution in [0.15, 0.2) is 30.3 Å². The SMILES string of the molecule is COc1ccc(N2CCN(C(=O)c3cc(Cl)c(Cl)[nH]3)CC2)cc1. The Morgan fingerprint density at radius 1 is 1.13 bits per heavy atom. The van der Waals surface area contributed by atoms with Gasteiger partial charge in [0.1, 0.15) is 16.6 Å². The Bertz CT molecular complexity index is 672. The molecule has 1 fully saturated rings. The summed E-state index contributed by atoms with van der Waals surface area (Å²) in [6.07, 6.45) is 0. The first-order valence-corrected chi connectivity index (χ1v) is 8.06. The number of nitrogens with one attached hydrogen (secondary N) is 1. The van der Waals surface area contributed by atoms with Crippen molar-refractivity contribution in [2.45, 2.75) is 0 Å². The summed E-state index contributed by atoms with van der Waals surface area (Å²) in [7, 11) is 1.65. The number of carbonyl (C=O) groups excluding carboxylic acids is 1. The molecule has 0 saturated carbocycles. The number of hydrogen-bond acceptors (Lipinski definition) is 3. The minimum absolute atomic E-state index is 0.0758. The quantitative estimate of drug-likeness (QED) is 0.920. The molecule has 0 aliphatic carbocycles. The number of H-pyrrole nitrogens is 1. The third-order valence-electron chi connectivity index (χ3n) is 3.96. The highest BCUT2D eigenvalue weighted by molar-refractivity contribution is 6.41. The molecular formula is C16H17Cl2N3O2. The number of benzene rings is 1. The summed E-state index contributed by atoms with van der Waals surface area (Å²) >= 11 is 11.8. The normalized spacial score (nSPS) is 14.9.